The SMILES string of the molecule is C[Si]c1ccc(N(c2ccccc2)c2ccccc2)cc1. The molecule has 0 saturated carbocycles. The average molecular weight is 287 g/mol. The Balaban J connectivity index is 2.07. The van der Waals surface area contributed by atoms with Gasteiger partial charge in [0.1, 0.15) is 0 Å². The molecular formula is C19H17NSi. The summed E-state index contributed by atoms with van der Waals surface area (Å²) in [4.78, 5) is 2.28. The fraction of sp³-hybridized carbons (Fsp3) is 0.0526. The van der Waals surface area contributed by atoms with E-state index in [-0.39, 0.29) is 0 Å². The van der Waals surface area contributed by atoms with Crippen LogP contribution in [0.5, 0.6) is 0 Å². The molecule has 0 fully saturated rings. The zero-order chi connectivity index (χ0) is 14.5. The maximum Gasteiger partial charge on any atom is 0.0773 e. The van der Waals surface area contributed by atoms with Gasteiger partial charge in [0.15, 0.2) is 0 Å². The quantitative estimate of drug-likeness (QED) is 0.637. The molecule has 2 radical (unpaired) electrons. The van der Waals surface area contributed by atoms with Crippen molar-refractivity contribution in [3.05, 3.63) is 84.9 Å². The molecule has 102 valence electrons. The standard InChI is InChI=1S/C19H17NSi/c1-21-19-14-12-18(13-15-19)20(16-8-4-2-5-9-16)17-10-6-3-7-11-17/h2-15H,1H3. The Morgan fingerprint density at radius 2 is 1.00 bits per heavy atom. The highest BCUT2D eigenvalue weighted by atomic mass is 28.2. The Morgan fingerprint density at radius 1 is 0.571 bits per heavy atom. The van der Waals surface area contributed by atoms with Gasteiger partial charge in [-0.15, -0.1) is 0 Å². The highest BCUT2D eigenvalue weighted by Gasteiger charge is 2.11. The van der Waals surface area contributed by atoms with Gasteiger partial charge in [-0.05, 0) is 36.4 Å². The predicted octanol–water partition coefficient (Wildman–Crippen LogP) is 4.53. The molecule has 0 amide bonds. The lowest BCUT2D eigenvalue weighted by molar-refractivity contribution is 1.29. The molecule has 3 rings (SSSR count). The second-order valence-corrected chi connectivity index (χ2v) is 5.88. The van der Waals surface area contributed by atoms with E-state index in [1.807, 2.05) is 12.1 Å². The lowest BCUT2D eigenvalue weighted by Gasteiger charge is -2.25. The van der Waals surface area contributed by atoms with Crippen molar-refractivity contribution >= 4 is 31.8 Å². The summed E-state index contributed by atoms with van der Waals surface area (Å²) >= 11 is 0. The zero-order valence-electron chi connectivity index (χ0n) is 12.0. The lowest BCUT2D eigenvalue weighted by atomic mass is 10.2. The summed E-state index contributed by atoms with van der Waals surface area (Å²) in [6, 6.07) is 29.8. The van der Waals surface area contributed by atoms with Crippen molar-refractivity contribution in [2.24, 2.45) is 0 Å². The minimum Gasteiger partial charge on any atom is -0.311 e. The predicted molar refractivity (Wildman–Crippen MR) is 92.4 cm³/mol. The van der Waals surface area contributed by atoms with Crippen molar-refractivity contribution in [1.29, 1.82) is 0 Å². The molecule has 0 heterocycles. The lowest BCUT2D eigenvalue weighted by Crippen LogP contribution is -2.13. The summed E-state index contributed by atoms with van der Waals surface area (Å²) in [6.45, 7) is 2.21. The van der Waals surface area contributed by atoms with E-state index in [0.717, 1.165) is 9.52 Å². The van der Waals surface area contributed by atoms with E-state index < -0.39 is 0 Å². The molecule has 3 aromatic carbocycles. The molecule has 0 bridgehead atoms. The molecule has 0 aliphatic heterocycles. The maximum absolute atomic E-state index is 2.28. The van der Waals surface area contributed by atoms with E-state index in [1.54, 1.807) is 0 Å². The van der Waals surface area contributed by atoms with Crippen molar-refractivity contribution < 1.29 is 0 Å². The molecule has 0 spiro atoms. The van der Waals surface area contributed by atoms with Gasteiger partial charge >= 0.3 is 0 Å². The molecule has 0 aliphatic rings. The van der Waals surface area contributed by atoms with Crippen LogP contribution < -0.4 is 10.1 Å². The summed E-state index contributed by atoms with van der Waals surface area (Å²) in [5, 5.41) is 1.39. The number of rotatable bonds is 4. The minimum atomic E-state index is 0.834. The van der Waals surface area contributed by atoms with E-state index in [0.29, 0.717) is 0 Å². The second-order valence-electron chi connectivity index (χ2n) is 4.80. The van der Waals surface area contributed by atoms with E-state index in [4.69, 9.17) is 0 Å². The van der Waals surface area contributed by atoms with Crippen LogP contribution in [-0.2, 0) is 0 Å². The van der Waals surface area contributed by atoms with Crippen LogP contribution in [0.15, 0.2) is 84.9 Å². The summed E-state index contributed by atoms with van der Waals surface area (Å²) in [7, 11) is 0.834. The van der Waals surface area contributed by atoms with Gasteiger partial charge in [0.2, 0.25) is 0 Å². The van der Waals surface area contributed by atoms with Gasteiger partial charge in [-0.25, -0.2) is 0 Å². The molecule has 0 unspecified atom stereocenters. The Hall–Kier alpha value is -2.32. The van der Waals surface area contributed by atoms with Crippen LogP contribution in [0.2, 0.25) is 6.55 Å². The maximum atomic E-state index is 2.28. The first-order chi connectivity index (χ1) is 10.4. The monoisotopic (exact) mass is 287 g/mol. The van der Waals surface area contributed by atoms with Gasteiger partial charge in [-0.3, -0.25) is 0 Å². The Kier molecular flexibility index (Phi) is 4.17. The third kappa shape index (κ3) is 3.06. The van der Waals surface area contributed by atoms with E-state index in [2.05, 4.69) is 84.2 Å². The van der Waals surface area contributed by atoms with Gasteiger partial charge in [-0.1, -0.05) is 60.3 Å². The minimum absolute atomic E-state index is 0.834. The highest BCUT2D eigenvalue weighted by molar-refractivity contribution is 6.51. The van der Waals surface area contributed by atoms with Gasteiger partial charge in [0, 0.05) is 17.1 Å². The number of benzene rings is 3. The first kappa shape index (κ1) is 13.7. The molecule has 0 atom stereocenters. The van der Waals surface area contributed by atoms with Crippen LogP contribution in [-0.4, -0.2) is 9.52 Å². The zero-order valence-corrected chi connectivity index (χ0v) is 13.0. The van der Waals surface area contributed by atoms with E-state index in [9.17, 15) is 0 Å². The fourth-order valence-electron chi connectivity index (χ4n) is 2.38. The van der Waals surface area contributed by atoms with Crippen molar-refractivity contribution in [2.75, 3.05) is 4.90 Å². The van der Waals surface area contributed by atoms with Crippen LogP contribution in [0.3, 0.4) is 0 Å². The summed E-state index contributed by atoms with van der Waals surface area (Å²) < 4.78 is 0. The van der Waals surface area contributed by atoms with Crippen molar-refractivity contribution in [1.82, 2.24) is 0 Å². The number of nitrogens with zero attached hydrogens (tertiary/aromatic N) is 1. The number of para-hydroxylation sites is 2. The topological polar surface area (TPSA) is 3.24 Å². The van der Waals surface area contributed by atoms with Gasteiger partial charge in [-0.2, -0.15) is 0 Å². The molecule has 2 heteroatoms. The largest absolute Gasteiger partial charge is 0.311 e. The summed E-state index contributed by atoms with van der Waals surface area (Å²) in [6.07, 6.45) is 0. The molecule has 0 aliphatic carbocycles. The first-order valence-electron chi connectivity index (χ1n) is 7.06. The third-order valence-electron chi connectivity index (χ3n) is 3.44. The number of anilines is 3. The Bertz CT molecular complexity index is 638. The highest BCUT2D eigenvalue weighted by Crippen LogP contribution is 2.33. The summed E-state index contributed by atoms with van der Waals surface area (Å²) in [5.41, 5.74) is 3.54. The van der Waals surface area contributed by atoms with Crippen LogP contribution in [0, 0.1) is 0 Å². The van der Waals surface area contributed by atoms with Crippen molar-refractivity contribution in [3.63, 3.8) is 0 Å². The summed E-state index contributed by atoms with van der Waals surface area (Å²) in [5.74, 6) is 0. The molecule has 0 saturated heterocycles. The third-order valence-corrected chi connectivity index (χ3v) is 4.35. The van der Waals surface area contributed by atoms with Crippen LogP contribution >= 0.6 is 0 Å². The van der Waals surface area contributed by atoms with Crippen LogP contribution in [0.4, 0.5) is 17.1 Å². The average Bonchev–Trinajstić information content (AvgIpc) is 2.58. The molecule has 3 aromatic rings. The Morgan fingerprint density at radius 3 is 1.43 bits per heavy atom. The molecule has 0 aromatic heterocycles. The smallest absolute Gasteiger partial charge is 0.0773 e. The van der Waals surface area contributed by atoms with Gasteiger partial charge in [0.25, 0.3) is 0 Å². The first-order valence-corrected chi connectivity index (χ1v) is 8.56. The normalized spacial score (nSPS) is 10.3. The van der Waals surface area contributed by atoms with Crippen molar-refractivity contribution in [3.8, 4) is 0 Å². The number of hydrogen-bond donors (Lipinski definition) is 0. The molecular weight excluding hydrogens is 270 g/mol. The molecule has 1 nitrogen and oxygen atoms in total. The fourth-order valence-corrected chi connectivity index (χ4v) is 2.88. The van der Waals surface area contributed by atoms with E-state index >= 15 is 0 Å². The molecule has 21 heavy (non-hydrogen) atoms. The van der Waals surface area contributed by atoms with Crippen LogP contribution in [0.25, 0.3) is 0 Å². The number of hydrogen-bond acceptors (Lipinski definition) is 1. The van der Waals surface area contributed by atoms with Gasteiger partial charge in [0.05, 0.1) is 9.52 Å². The Labute approximate surface area is 128 Å². The molecule has 0 N–H and O–H groups in total. The van der Waals surface area contributed by atoms with Crippen LogP contribution in [0.1, 0.15) is 0 Å². The van der Waals surface area contributed by atoms with Gasteiger partial charge < -0.3 is 4.90 Å². The second kappa shape index (κ2) is 6.42. The van der Waals surface area contributed by atoms with E-state index in [1.165, 1.54) is 22.2 Å². The van der Waals surface area contributed by atoms with Crippen molar-refractivity contribution in [2.45, 2.75) is 6.55 Å².